The molecule has 0 bridgehead atoms. The first kappa shape index (κ1) is 20.6. The molecule has 1 saturated heterocycles. The van der Waals surface area contributed by atoms with Crippen LogP contribution in [0.2, 0.25) is 0 Å². The highest BCUT2D eigenvalue weighted by Gasteiger charge is 2.20. The van der Waals surface area contributed by atoms with Crippen LogP contribution in [0, 0.1) is 5.82 Å². The number of piperidine rings is 1. The average Bonchev–Trinajstić information content (AvgIpc) is 3.27. The molecule has 1 aliphatic heterocycles. The van der Waals surface area contributed by atoms with E-state index in [0.29, 0.717) is 19.1 Å². The van der Waals surface area contributed by atoms with Gasteiger partial charge in [-0.2, -0.15) is 5.10 Å². The van der Waals surface area contributed by atoms with Crippen molar-refractivity contribution in [2.24, 2.45) is 0 Å². The van der Waals surface area contributed by atoms with E-state index < -0.39 is 0 Å². The molecule has 2 heterocycles. The van der Waals surface area contributed by atoms with E-state index in [4.69, 9.17) is 4.74 Å². The van der Waals surface area contributed by atoms with E-state index in [0.717, 1.165) is 49.4 Å². The Bertz CT molecular complexity index is 944. The SMILES string of the molecule is COc1ccc(CN[C@H]2CCCN(Cc3ccccc3F)C2)cc1Cn1cccn1. The molecule has 0 spiro atoms. The van der Waals surface area contributed by atoms with Gasteiger partial charge >= 0.3 is 0 Å². The van der Waals surface area contributed by atoms with Crippen LogP contribution >= 0.6 is 0 Å². The molecule has 0 aliphatic carbocycles. The minimum absolute atomic E-state index is 0.115. The number of nitrogens with one attached hydrogen (secondary N) is 1. The Morgan fingerprint density at radius 2 is 2.03 bits per heavy atom. The number of halogens is 1. The van der Waals surface area contributed by atoms with E-state index in [1.807, 2.05) is 35.1 Å². The zero-order chi connectivity index (χ0) is 20.8. The van der Waals surface area contributed by atoms with Crippen molar-refractivity contribution >= 4 is 0 Å². The Kier molecular flexibility index (Phi) is 6.77. The molecule has 1 aromatic heterocycles. The fourth-order valence-electron chi connectivity index (χ4n) is 4.13. The van der Waals surface area contributed by atoms with Crippen LogP contribution in [0.15, 0.2) is 60.9 Å². The van der Waals surface area contributed by atoms with Gasteiger partial charge in [0.25, 0.3) is 0 Å². The van der Waals surface area contributed by atoms with Gasteiger partial charge in [0, 0.05) is 49.2 Å². The van der Waals surface area contributed by atoms with E-state index in [9.17, 15) is 4.39 Å². The monoisotopic (exact) mass is 408 g/mol. The predicted octanol–water partition coefficient (Wildman–Crippen LogP) is 3.83. The zero-order valence-corrected chi connectivity index (χ0v) is 17.4. The number of hydrogen-bond acceptors (Lipinski definition) is 4. The summed E-state index contributed by atoms with van der Waals surface area (Å²) in [5.41, 5.74) is 3.12. The van der Waals surface area contributed by atoms with E-state index in [2.05, 4.69) is 27.4 Å². The first-order chi connectivity index (χ1) is 14.7. The topological polar surface area (TPSA) is 42.3 Å². The highest BCUT2D eigenvalue weighted by Crippen LogP contribution is 2.22. The fourth-order valence-corrected chi connectivity index (χ4v) is 4.13. The van der Waals surface area contributed by atoms with Gasteiger partial charge in [0.15, 0.2) is 0 Å². The van der Waals surface area contributed by atoms with Crippen molar-refractivity contribution in [1.29, 1.82) is 0 Å². The van der Waals surface area contributed by atoms with Gasteiger partial charge in [0.05, 0.1) is 13.7 Å². The third-order valence-electron chi connectivity index (χ3n) is 5.69. The molecule has 30 heavy (non-hydrogen) atoms. The van der Waals surface area contributed by atoms with Crippen LogP contribution in [0.4, 0.5) is 4.39 Å². The lowest BCUT2D eigenvalue weighted by Crippen LogP contribution is -2.45. The van der Waals surface area contributed by atoms with Crippen LogP contribution in [0.3, 0.4) is 0 Å². The largest absolute Gasteiger partial charge is 0.496 e. The molecule has 1 aliphatic rings. The number of ether oxygens (including phenoxy) is 1. The number of methoxy groups -OCH3 is 1. The molecule has 1 N–H and O–H groups in total. The maximum Gasteiger partial charge on any atom is 0.127 e. The summed E-state index contributed by atoms with van der Waals surface area (Å²) in [4.78, 5) is 2.34. The highest BCUT2D eigenvalue weighted by atomic mass is 19.1. The number of aromatic nitrogens is 2. The lowest BCUT2D eigenvalue weighted by Gasteiger charge is -2.33. The second-order valence-corrected chi connectivity index (χ2v) is 7.90. The molecule has 158 valence electrons. The quantitative estimate of drug-likeness (QED) is 0.615. The van der Waals surface area contributed by atoms with Crippen LogP contribution in [0.25, 0.3) is 0 Å². The molecule has 0 amide bonds. The molecular weight excluding hydrogens is 379 g/mol. The van der Waals surface area contributed by atoms with Gasteiger partial charge in [-0.3, -0.25) is 9.58 Å². The summed E-state index contributed by atoms with van der Waals surface area (Å²) in [6, 6.07) is 15.7. The van der Waals surface area contributed by atoms with Crippen molar-refractivity contribution in [2.75, 3.05) is 20.2 Å². The molecule has 1 atom stereocenters. The minimum Gasteiger partial charge on any atom is -0.496 e. The van der Waals surface area contributed by atoms with E-state index in [1.165, 1.54) is 5.56 Å². The van der Waals surface area contributed by atoms with Crippen molar-refractivity contribution in [3.63, 3.8) is 0 Å². The lowest BCUT2D eigenvalue weighted by atomic mass is 10.0. The Morgan fingerprint density at radius 3 is 2.83 bits per heavy atom. The molecule has 6 heteroatoms. The van der Waals surface area contributed by atoms with Crippen LogP contribution in [-0.4, -0.2) is 40.9 Å². The third kappa shape index (κ3) is 5.26. The third-order valence-corrected chi connectivity index (χ3v) is 5.69. The number of benzene rings is 2. The Balaban J connectivity index is 1.35. The molecule has 3 aromatic rings. The first-order valence-corrected chi connectivity index (χ1v) is 10.5. The maximum absolute atomic E-state index is 14.0. The second kappa shape index (κ2) is 9.87. The van der Waals surface area contributed by atoms with Crippen molar-refractivity contribution in [3.05, 3.63) is 83.4 Å². The van der Waals surface area contributed by atoms with Gasteiger partial charge in [-0.1, -0.05) is 24.3 Å². The molecule has 4 rings (SSSR count). The zero-order valence-electron chi connectivity index (χ0n) is 17.4. The summed E-state index contributed by atoms with van der Waals surface area (Å²) >= 11 is 0. The lowest BCUT2D eigenvalue weighted by molar-refractivity contribution is 0.181. The Hall–Kier alpha value is -2.70. The van der Waals surface area contributed by atoms with Crippen LogP contribution in [0.1, 0.15) is 29.5 Å². The van der Waals surface area contributed by atoms with Gasteiger partial charge in [-0.25, -0.2) is 4.39 Å². The van der Waals surface area contributed by atoms with Gasteiger partial charge in [-0.15, -0.1) is 0 Å². The van der Waals surface area contributed by atoms with Crippen LogP contribution < -0.4 is 10.1 Å². The fraction of sp³-hybridized carbons (Fsp3) is 0.375. The highest BCUT2D eigenvalue weighted by molar-refractivity contribution is 5.37. The molecule has 0 radical (unpaired) electrons. The average molecular weight is 409 g/mol. The van der Waals surface area contributed by atoms with E-state index >= 15 is 0 Å². The van der Waals surface area contributed by atoms with Gasteiger partial charge in [-0.05, 0) is 49.2 Å². The number of nitrogens with zero attached hydrogens (tertiary/aromatic N) is 3. The Labute approximate surface area is 177 Å². The summed E-state index contributed by atoms with van der Waals surface area (Å²) in [6.45, 7) is 4.10. The smallest absolute Gasteiger partial charge is 0.127 e. The van der Waals surface area contributed by atoms with Crippen molar-refractivity contribution < 1.29 is 9.13 Å². The van der Waals surface area contributed by atoms with Crippen LogP contribution in [-0.2, 0) is 19.6 Å². The standard InChI is InChI=1S/C24H29FN4O/c1-30-24-10-9-19(14-21(24)17-29-13-5-11-27-29)15-26-22-7-4-12-28(18-22)16-20-6-2-3-8-23(20)25/h2-3,5-6,8-11,13-14,22,26H,4,7,12,15-18H2,1H3/t22-/m0/s1. The van der Waals surface area contributed by atoms with Gasteiger partial charge in [0.1, 0.15) is 11.6 Å². The molecule has 2 aromatic carbocycles. The summed E-state index contributed by atoms with van der Waals surface area (Å²) in [5, 5.41) is 7.99. The molecular formula is C24H29FN4O. The van der Waals surface area contributed by atoms with Crippen molar-refractivity contribution in [1.82, 2.24) is 20.0 Å². The Morgan fingerprint density at radius 1 is 1.13 bits per heavy atom. The summed E-state index contributed by atoms with van der Waals surface area (Å²) in [6.07, 6.45) is 6.01. The summed E-state index contributed by atoms with van der Waals surface area (Å²) < 4.78 is 21.4. The maximum atomic E-state index is 14.0. The van der Waals surface area contributed by atoms with Crippen LogP contribution in [0.5, 0.6) is 5.75 Å². The number of likely N-dealkylation sites (tertiary alicyclic amines) is 1. The van der Waals surface area contributed by atoms with Gasteiger partial charge < -0.3 is 10.1 Å². The molecule has 5 nitrogen and oxygen atoms in total. The van der Waals surface area contributed by atoms with Crippen molar-refractivity contribution in [2.45, 2.75) is 38.5 Å². The van der Waals surface area contributed by atoms with Crippen molar-refractivity contribution in [3.8, 4) is 5.75 Å². The minimum atomic E-state index is -0.115. The molecule has 1 fully saturated rings. The molecule has 0 unspecified atom stereocenters. The number of hydrogen-bond donors (Lipinski definition) is 1. The number of rotatable bonds is 8. The summed E-state index contributed by atoms with van der Waals surface area (Å²) in [5.74, 6) is 0.763. The second-order valence-electron chi connectivity index (χ2n) is 7.90. The van der Waals surface area contributed by atoms with E-state index in [-0.39, 0.29) is 5.82 Å². The van der Waals surface area contributed by atoms with E-state index in [1.54, 1.807) is 25.4 Å². The normalized spacial score (nSPS) is 17.2. The predicted molar refractivity (Wildman–Crippen MR) is 116 cm³/mol. The van der Waals surface area contributed by atoms with Gasteiger partial charge in [0.2, 0.25) is 0 Å². The summed E-state index contributed by atoms with van der Waals surface area (Å²) in [7, 11) is 1.70. The first-order valence-electron chi connectivity index (χ1n) is 10.5. The molecule has 0 saturated carbocycles.